The minimum atomic E-state index is -0.758. The van der Waals surface area contributed by atoms with Gasteiger partial charge in [-0.3, -0.25) is 14.4 Å². The van der Waals surface area contributed by atoms with E-state index in [2.05, 4.69) is 20.8 Å². The predicted octanol–water partition coefficient (Wildman–Crippen LogP) is 16.4. The summed E-state index contributed by atoms with van der Waals surface area (Å²) in [5, 5.41) is 0. The average Bonchev–Trinajstić information content (AvgIpc) is 3.21. The van der Waals surface area contributed by atoms with Gasteiger partial charge in [0.2, 0.25) is 0 Å². The maximum Gasteiger partial charge on any atom is 0.306 e. The Hall–Kier alpha value is -1.59. The van der Waals surface area contributed by atoms with Gasteiger partial charge in [-0.1, -0.05) is 252 Å². The maximum atomic E-state index is 12.7. The average molecular weight is 807 g/mol. The van der Waals surface area contributed by atoms with Gasteiger partial charge in [0.15, 0.2) is 6.10 Å². The van der Waals surface area contributed by atoms with E-state index in [1.54, 1.807) is 0 Å². The zero-order valence-corrected chi connectivity index (χ0v) is 38.6. The molecule has 0 spiro atoms. The third-order valence-electron chi connectivity index (χ3n) is 11.6. The van der Waals surface area contributed by atoms with E-state index in [9.17, 15) is 14.4 Å². The van der Waals surface area contributed by atoms with Gasteiger partial charge in [-0.25, -0.2) is 0 Å². The second kappa shape index (κ2) is 47.1. The molecule has 6 nitrogen and oxygen atoms in total. The van der Waals surface area contributed by atoms with Crippen LogP contribution in [0.15, 0.2) is 0 Å². The Morgan fingerprint density at radius 3 is 0.702 bits per heavy atom. The summed E-state index contributed by atoms with van der Waals surface area (Å²) in [5.74, 6) is -0.850. The minimum Gasteiger partial charge on any atom is -0.462 e. The maximum absolute atomic E-state index is 12.7. The Labute approximate surface area is 355 Å². The monoisotopic (exact) mass is 807 g/mol. The van der Waals surface area contributed by atoms with Crippen LogP contribution in [0.2, 0.25) is 0 Å². The van der Waals surface area contributed by atoms with Crippen molar-refractivity contribution >= 4 is 17.9 Å². The third-order valence-corrected chi connectivity index (χ3v) is 11.6. The molecule has 338 valence electrons. The Morgan fingerprint density at radius 2 is 0.474 bits per heavy atom. The van der Waals surface area contributed by atoms with Crippen LogP contribution in [0.4, 0.5) is 0 Å². The number of ether oxygens (including phenoxy) is 3. The van der Waals surface area contributed by atoms with Crippen molar-refractivity contribution in [3.05, 3.63) is 0 Å². The lowest BCUT2D eigenvalue weighted by Gasteiger charge is -2.18. The molecule has 0 bridgehead atoms. The van der Waals surface area contributed by atoms with Crippen LogP contribution in [-0.4, -0.2) is 37.2 Å². The van der Waals surface area contributed by atoms with E-state index in [-0.39, 0.29) is 31.1 Å². The van der Waals surface area contributed by atoms with Crippen molar-refractivity contribution in [2.45, 2.75) is 297 Å². The van der Waals surface area contributed by atoms with Gasteiger partial charge in [0.1, 0.15) is 13.2 Å². The topological polar surface area (TPSA) is 78.9 Å². The summed E-state index contributed by atoms with van der Waals surface area (Å²) in [7, 11) is 0. The predicted molar refractivity (Wildman–Crippen MR) is 243 cm³/mol. The van der Waals surface area contributed by atoms with Gasteiger partial charge in [0.05, 0.1) is 0 Å². The van der Waals surface area contributed by atoms with E-state index >= 15 is 0 Å². The molecular weight excluding hydrogens is 709 g/mol. The van der Waals surface area contributed by atoms with Crippen molar-refractivity contribution in [1.82, 2.24) is 0 Å². The molecule has 0 aromatic rings. The molecule has 0 N–H and O–H groups in total. The summed E-state index contributed by atoms with van der Waals surface area (Å²) < 4.78 is 16.7. The Balaban J connectivity index is 4.16. The van der Waals surface area contributed by atoms with E-state index in [0.717, 1.165) is 57.8 Å². The van der Waals surface area contributed by atoms with E-state index < -0.39 is 6.10 Å². The van der Waals surface area contributed by atoms with Gasteiger partial charge in [0.25, 0.3) is 0 Å². The molecule has 0 saturated heterocycles. The standard InChI is InChI=1S/C51H98O6/c1-4-7-10-13-16-18-20-22-23-24-25-26-27-29-30-32-35-38-41-44-50(53)56-47-48(46-55-49(52)43-40-37-34-15-12-9-6-3)57-51(54)45-42-39-36-33-31-28-21-19-17-14-11-8-5-2/h48H,4-47H2,1-3H3. The highest BCUT2D eigenvalue weighted by atomic mass is 16.6. The highest BCUT2D eigenvalue weighted by Gasteiger charge is 2.19. The molecule has 1 unspecified atom stereocenters. The molecule has 0 radical (unpaired) electrons. The van der Waals surface area contributed by atoms with Gasteiger partial charge in [-0.05, 0) is 19.3 Å². The minimum absolute atomic E-state index is 0.0625. The van der Waals surface area contributed by atoms with Gasteiger partial charge >= 0.3 is 17.9 Å². The largest absolute Gasteiger partial charge is 0.462 e. The smallest absolute Gasteiger partial charge is 0.306 e. The SMILES string of the molecule is CCCCCCCCCCCCCCCCCCCCCC(=O)OCC(COC(=O)CCCCCCCCC)OC(=O)CCCCCCCCCCCCCCC. The van der Waals surface area contributed by atoms with Crippen molar-refractivity contribution in [1.29, 1.82) is 0 Å². The Bertz CT molecular complexity index is 844. The first kappa shape index (κ1) is 55.4. The van der Waals surface area contributed by atoms with Crippen LogP contribution in [0.25, 0.3) is 0 Å². The van der Waals surface area contributed by atoms with Gasteiger partial charge in [-0.15, -0.1) is 0 Å². The van der Waals surface area contributed by atoms with Crippen molar-refractivity contribution < 1.29 is 28.6 Å². The molecular formula is C51H98O6. The molecule has 0 heterocycles. The van der Waals surface area contributed by atoms with Crippen LogP contribution < -0.4 is 0 Å². The lowest BCUT2D eigenvalue weighted by Crippen LogP contribution is -2.30. The summed E-state index contributed by atoms with van der Waals surface area (Å²) in [6.45, 7) is 6.64. The number of carbonyl (C=O) groups is 3. The number of carbonyl (C=O) groups excluding carboxylic acids is 3. The van der Waals surface area contributed by atoms with E-state index in [1.807, 2.05) is 0 Å². The zero-order chi connectivity index (χ0) is 41.5. The highest BCUT2D eigenvalue weighted by Crippen LogP contribution is 2.17. The number of rotatable bonds is 47. The summed E-state index contributed by atoms with van der Waals surface area (Å²) in [6.07, 6.45) is 49.6. The quantitative estimate of drug-likeness (QED) is 0.0346. The fourth-order valence-electron chi connectivity index (χ4n) is 7.74. The molecule has 0 aromatic carbocycles. The van der Waals surface area contributed by atoms with Crippen LogP contribution in [0, 0.1) is 0 Å². The second-order valence-corrected chi connectivity index (χ2v) is 17.5. The summed E-state index contributed by atoms with van der Waals surface area (Å²) in [6, 6.07) is 0. The Kier molecular flexibility index (Phi) is 45.8. The first-order valence-corrected chi connectivity index (χ1v) is 25.5. The fourth-order valence-corrected chi connectivity index (χ4v) is 7.74. The van der Waals surface area contributed by atoms with Crippen LogP contribution >= 0.6 is 0 Å². The lowest BCUT2D eigenvalue weighted by atomic mass is 10.0. The molecule has 6 heteroatoms. The number of esters is 3. The molecule has 0 fully saturated rings. The molecule has 0 amide bonds. The lowest BCUT2D eigenvalue weighted by molar-refractivity contribution is -0.167. The molecule has 0 aromatic heterocycles. The zero-order valence-electron chi connectivity index (χ0n) is 38.6. The highest BCUT2D eigenvalue weighted by molar-refractivity contribution is 5.71. The number of hydrogen-bond acceptors (Lipinski definition) is 6. The second-order valence-electron chi connectivity index (χ2n) is 17.5. The van der Waals surface area contributed by atoms with Crippen molar-refractivity contribution in [3.8, 4) is 0 Å². The third kappa shape index (κ3) is 45.3. The van der Waals surface area contributed by atoms with Crippen LogP contribution in [0.1, 0.15) is 290 Å². The van der Waals surface area contributed by atoms with Crippen molar-refractivity contribution in [2.75, 3.05) is 13.2 Å². The molecule has 0 aliphatic rings. The first-order valence-electron chi connectivity index (χ1n) is 25.5. The van der Waals surface area contributed by atoms with Crippen LogP contribution in [0.3, 0.4) is 0 Å². The molecule has 0 aliphatic carbocycles. The van der Waals surface area contributed by atoms with E-state index in [4.69, 9.17) is 14.2 Å². The fraction of sp³-hybridized carbons (Fsp3) is 0.941. The van der Waals surface area contributed by atoms with Crippen LogP contribution in [-0.2, 0) is 28.6 Å². The summed E-state index contributed by atoms with van der Waals surface area (Å²) >= 11 is 0. The van der Waals surface area contributed by atoms with Gasteiger partial charge < -0.3 is 14.2 Å². The van der Waals surface area contributed by atoms with E-state index in [1.165, 1.54) is 193 Å². The number of hydrogen-bond donors (Lipinski definition) is 0. The molecule has 1 atom stereocenters. The normalized spacial score (nSPS) is 11.8. The van der Waals surface area contributed by atoms with Crippen molar-refractivity contribution in [2.24, 2.45) is 0 Å². The number of unbranched alkanes of at least 4 members (excludes halogenated alkanes) is 36. The molecule has 57 heavy (non-hydrogen) atoms. The van der Waals surface area contributed by atoms with E-state index in [0.29, 0.717) is 19.3 Å². The summed E-state index contributed by atoms with van der Waals surface area (Å²) in [5.41, 5.74) is 0. The molecule has 0 saturated carbocycles. The van der Waals surface area contributed by atoms with Crippen molar-refractivity contribution in [3.63, 3.8) is 0 Å². The van der Waals surface area contributed by atoms with Gasteiger partial charge in [0, 0.05) is 19.3 Å². The molecule has 0 aliphatic heterocycles. The molecule has 0 rings (SSSR count). The van der Waals surface area contributed by atoms with Gasteiger partial charge in [-0.2, -0.15) is 0 Å². The summed E-state index contributed by atoms with van der Waals surface area (Å²) in [4.78, 5) is 37.7. The van der Waals surface area contributed by atoms with Crippen LogP contribution in [0.5, 0.6) is 0 Å². The Morgan fingerprint density at radius 1 is 0.281 bits per heavy atom. The first-order chi connectivity index (χ1) is 28.0.